The molecule has 8 nitrogen and oxygen atoms in total. The predicted octanol–water partition coefficient (Wildman–Crippen LogP) is 3.60. The van der Waals surface area contributed by atoms with E-state index in [1.165, 1.54) is 24.3 Å². The van der Waals surface area contributed by atoms with Gasteiger partial charge in [-0.1, -0.05) is 28.9 Å². The van der Waals surface area contributed by atoms with Gasteiger partial charge in [-0.2, -0.15) is 10.2 Å². The Labute approximate surface area is 164 Å². The van der Waals surface area contributed by atoms with Crippen molar-refractivity contribution in [3.63, 3.8) is 0 Å². The van der Waals surface area contributed by atoms with Crippen LogP contribution in [-0.2, 0) is 16.1 Å². The van der Waals surface area contributed by atoms with Crippen molar-refractivity contribution in [2.24, 2.45) is 0 Å². The number of ether oxygens (including phenoxy) is 1. The van der Waals surface area contributed by atoms with E-state index < -0.39 is 11.9 Å². The minimum absolute atomic E-state index is 0.128. The fourth-order valence-corrected chi connectivity index (χ4v) is 2.46. The maximum Gasteiger partial charge on any atom is 0.338 e. The second kappa shape index (κ2) is 8.79. The number of halogens is 1. The maximum atomic E-state index is 12.1. The van der Waals surface area contributed by atoms with Crippen molar-refractivity contribution >= 4 is 29.2 Å². The van der Waals surface area contributed by atoms with E-state index in [-0.39, 0.29) is 24.5 Å². The van der Waals surface area contributed by atoms with Gasteiger partial charge in [-0.25, -0.2) is 4.79 Å². The Morgan fingerprint density at radius 2 is 1.93 bits per heavy atom. The van der Waals surface area contributed by atoms with E-state index in [9.17, 15) is 9.59 Å². The number of aromatic nitrogens is 2. The summed E-state index contributed by atoms with van der Waals surface area (Å²) in [7, 11) is 0. The van der Waals surface area contributed by atoms with Crippen molar-refractivity contribution in [2.75, 3.05) is 5.32 Å². The SMILES string of the molecule is N#CCC(=O)Nc1ccc(C(=O)OCc2nc(-c3ccccc3Cl)no2)cc1. The lowest BCUT2D eigenvalue weighted by atomic mass is 10.2. The minimum atomic E-state index is -0.590. The number of nitrogens with zero attached hydrogens (tertiary/aromatic N) is 3. The lowest BCUT2D eigenvalue weighted by Crippen LogP contribution is -2.10. The van der Waals surface area contributed by atoms with Gasteiger partial charge in [0, 0.05) is 11.3 Å². The molecule has 0 aliphatic heterocycles. The minimum Gasteiger partial charge on any atom is -0.452 e. The summed E-state index contributed by atoms with van der Waals surface area (Å²) < 4.78 is 10.2. The average Bonchev–Trinajstić information content (AvgIpc) is 3.16. The number of carbonyl (C=O) groups excluding carboxylic acids is 2. The Kier molecular flexibility index (Phi) is 5.99. The van der Waals surface area contributed by atoms with Crippen LogP contribution >= 0.6 is 11.6 Å². The lowest BCUT2D eigenvalue weighted by molar-refractivity contribution is -0.115. The van der Waals surface area contributed by atoms with Gasteiger partial charge in [0.25, 0.3) is 5.89 Å². The number of anilines is 1. The highest BCUT2D eigenvalue weighted by Gasteiger charge is 2.14. The van der Waals surface area contributed by atoms with Gasteiger partial charge in [-0.05, 0) is 36.4 Å². The third kappa shape index (κ3) is 4.72. The molecule has 0 aliphatic rings. The molecule has 0 spiro atoms. The molecule has 3 rings (SSSR count). The molecule has 1 amide bonds. The van der Waals surface area contributed by atoms with E-state index in [0.29, 0.717) is 22.1 Å². The number of rotatable bonds is 6. The summed E-state index contributed by atoms with van der Waals surface area (Å²) in [5, 5.41) is 15.3. The second-order valence-corrected chi connectivity index (χ2v) is 5.94. The summed E-state index contributed by atoms with van der Waals surface area (Å²) in [4.78, 5) is 27.6. The van der Waals surface area contributed by atoms with Crippen LogP contribution in [0.15, 0.2) is 53.1 Å². The molecular weight excluding hydrogens is 384 g/mol. The van der Waals surface area contributed by atoms with Gasteiger partial charge in [-0.3, -0.25) is 4.79 Å². The number of nitriles is 1. The third-order valence-corrected chi connectivity index (χ3v) is 3.88. The van der Waals surface area contributed by atoms with Gasteiger partial charge in [0.1, 0.15) is 6.42 Å². The largest absolute Gasteiger partial charge is 0.452 e. The van der Waals surface area contributed by atoms with Crippen LogP contribution < -0.4 is 5.32 Å². The first-order valence-corrected chi connectivity index (χ1v) is 8.46. The van der Waals surface area contributed by atoms with Gasteiger partial charge in [-0.15, -0.1) is 0 Å². The summed E-state index contributed by atoms with van der Waals surface area (Å²) in [5.41, 5.74) is 1.36. The number of nitrogens with one attached hydrogen (secondary N) is 1. The molecule has 1 heterocycles. The molecule has 0 radical (unpaired) electrons. The quantitative estimate of drug-likeness (QED) is 0.632. The average molecular weight is 397 g/mol. The highest BCUT2D eigenvalue weighted by atomic mass is 35.5. The molecule has 0 bridgehead atoms. The van der Waals surface area contributed by atoms with Gasteiger partial charge >= 0.3 is 5.97 Å². The summed E-state index contributed by atoms with van der Waals surface area (Å²) in [6, 6.07) is 14.8. The molecule has 1 aromatic heterocycles. The molecule has 3 aromatic rings. The van der Waals surface area contributed by atoms with Crippen molar-refractivity contribution in [3.8, 4) is 17.5 Å². The molecule has 9 heteroatoms. The van der Waals surface area contributed by atoms with Gasteiger partial charge in [0.15, 0.2) is 6.61 Å². The number of carbonyl (C=O) groups is 2. The van der Waals surface area contributed by atoms with Crippen molar-refractivity contribution in [3.05, 3.63) is 65.0 Å². The number of hydrogen-bond donors (Lipinski definition) is 1. The van der Waals surface area contributed by atoms with E-state index in [1.54, 1.807) is 30.3 Å². The summed E-state index contributed by atoms with van der Waals surface area (Å²) in [6.45, 7) is -0.197. The smallest absolute Gasteiger partial charge is 0.338 e. The fourth-order valence-electron chi connectivity index (χ4n) is 2.24. The van der Waals surface area contributed by atoms with Crippen LogP contribution in [0.2, 0.25) is 5.02 Å². The van der Waals surface area contributed by atoms with Crippen molar-refractivity contribution in [1.82, 2.24) is 10.1 Å². The van der Waals surface area contributed by atoms with E-state index in [2.05, 4.69) is 15.5 Å². The highest BCUT2D eigenvalue weighted by molar-refractivity contribution is 6.33. The van der Waals surface area contributed by atoms with Gasteiger partial charge in [0.05, 0.1) is 16.7 Å². The summed E-state index contributed by atoms with van der Waals surface area (Å²) >= 11 is 6.09. The van der Waals surface area contributed by atoms with E-state index >= 15 is 0 Å². The molecule has 0 fully saturated rings. The van der Waals surface area contributed by atoms with Crippen molar-refractivity contribution < 1.29 is 18.8 Å². The van der Waals surface area contributed by atoms with Crippen LogP contribution in [0.25, 0.3) is 11.4 Å². The molecule has 0 saturated heterocycles. The monoisotopic (exact) mass is 396 g/mol. The number of benzene rings is 2. The Balaban J connectivity index is 1.58. The fraction of sp³-hybridized carbons (Fsp3) is 0.105. The second-order valence-electron chi connectivity index (χ2n) is 5.53. The van der Waals surface area contributed by atoms with Crippen LogP contribution in [0.1, 0.15) is 22.7 Å². The van der Waals surface area contributed by atoms with Crippen LogP contribution in [0, 0.1) is 11.3 Å². The molecule has 1 N–H and O–H groups in total. The number of hydrogen-bond acceptors (Lipinski definition) is 7. The highest BCUT2D eigenvalue weighted by Crippen LogP contribution is 2.25. The third-order valence-electron chi connectivity index (χ3n) is 3.55. The first kappa shape index (κ1) is 19.1. The zero-order valence-electron chi connectivity index (χ0n) is 14.4. The standard InChI is InChI=1S/C19H13ClN4O4/c20-15-4-2-1-3-14(15)18-23-17(28-24-18)11-27-19(26)12-5-7-13(8-6-12)22-16(25)9-10-21/h1-8H,9,11H2,(H,22,25). The summed E-state index contributed by atoms with van der Waals surface area (Å²) in [6.07, 6.45) is -0.246. The first-order valence-electron chi connectivity index (χ1n) is 8.08. The molecular formula is C19H13ClN4O4. The zero-order chi connectivity index (χ0) is 19.9. The van der Waals surface area contributed by atoms with Crippen LogP contribution in [-0.4, -0.2) is 22.0 Å². The molecule has 0 unspecified atom stereocenters. The predicted molar refractivity (Wildman–Crippen MR) is 99.2 cm³/mol. The topological polar surface area (TPSA) is 118 Å². The first-order chi connectivity index (χ1) is 13.6. The Morgan fingerprint density at radius 1 is 1.18 bits per heavy atom. The molecule has 140 valence electrons. The Bertz CT molecular complexity index is 1040. The van der Waals surface area contributed by atoms with Crippen LogP contribution in [0.5, 0.6) is 0 Å². The van der Waals surface area contributed by atoms with Crippen LogP contribution in [0.3, 0.4) is 0 Å². The van der Waals surface area contributed by atoms with Gasteiger partial charge < -0.3 is 14.6 Å². The molecule has 0 atom stereocenters. The molecule has 28 heavy (non-hydrogen) atoms. The normalized spacial score (nSPS) is 10.1. The number of amides is 1. The van der Waals surface area contributed by atoms with E-state index in [0.717, 1.165) is 0 Å². The molecule has 0 aliphatic carbocycles. The summed E-state index contributed by atoms with van der Waals surface area (Å²) in [5.74, 6) is -0.589. The molecule has 2 aromatic carbocycles. The van der Waals surface area contributed by atoms with E-state index in [4.69, 9.17) is 26.1 Å². The lowest BCUT2D eigenvalue weighted by Gasteiger charge is -2.05. The van der Waals surface area contributed by atoms with E-state index in [1.807, 2.05) is 0 Å². The maximum absolute atomic E-state index is 12.1. The van der Waals surface area contributed by atoms with Crippen LogP contribution in [0.4, 0.5) is 5.69 Å². The Hall–Kier alpha value is -3.70. The molecule has 0 saturated carbocycles. The number of esters is 1. The van der Waals surface area contributed by atoms with Gasteiger partial charge in [0.2, 0.25) is 11.7 Å². The Morgan fingerprint density at radius 3 is 2.64 bits per heavy atom. The zero-order valence-corrected chi connectivity index (χ0v) is 15.1. The van der Waals surface area contributed by atoms with Crippen molar-refractivity contribution in [2.45, 2.75) is 13.0 Å². The van der Waals surface area contributed by atoms with Crippen molar-refractivity contribution in [1.29, 1.82) is 5.26 Å².